The van der Waals surface area contributed by atoms with Crippen molar-refractivity contribution in [2.75, 3.05) is 0 Å². The van der Waals surface area contributed by atoms with Crippen LogP contribution in [0.3, 0.4) is 0 Å². The van der Waals surface area contributed by atoms with Crippen molar-refractivity contribution in [3.63, 3.8) is 0 Å². The van der Waals surface area contributed by atoms with Gasteiger partial charge in [0.1, 0.15) is 8.07 Å². The summed E-state index contributed by atoms with van der Waals surface area (Å²) >= 11 is 0. The predicted molar refractivity (Wildman–Crippen MR) is 109 cm³/mol. The van der Waals surface area contributed by atoms with E-state index in [-0.39, 0.29) is 0 Å². The molecule has 0 N–H and O–H groups in total. The lowest BCUT2D eigenvalue weighted by atomic mass is 10.1. The maximum Gasteiger partial charge on any atom is 0.141 e. The van der Waals surface area contributed by atoms with Gasteiger partial charge in [0.05, 0.1) is 0 Å². The van der Waals surface area contributed by atoms with E-state index in [1.165, 1.54) is 16.3 Å². The van der Waals surface area contributed by atoms with Crippen molar-refractivity contribution in [1.29, 1.82) is 0 Å². The molecule has 0 spiro atoms. The number of benzene rings is 2. The van der Waals surface area contributed by atoms with Gasteiger partial charge in [-0.15, -0.1) is 0 Å². The van der Waals surface area contributed by atoms with Gasteiger partial charge in [-0.1, -0.05) is 97.4 Å². The second-order valence-electron chi connectivity index (χ2n) is 7.56. The van der Waals surface area contributed by atoms with Crippen LogP contribution in [0, 0.1) is 19.8 Å². The minimum atomic E-state index is -1.94. The molecule has 0 radical (unpaired) electrons. The highest BCUT2D eigenvalue weighted by molar-refractivity contribution is 7.06. The molecule has 1 atom stereocenters. The first-order valence-electron chi connectivity index (χ1n) is 8.97. The van der Waals surface area contributed by atoms with Crippen molar-refractivity contribution in [3.8, 4) is 0 Å². The second kappa shape index (κ2) is 6.56. The lowest BCUT2D eigenvalue weighted by molar-refractivity contribution is 0.789. The first-order chi connectivity index (χ1) is 11.4. The lowest BCUT2D eigenvalue weighted by Gasteiger charge is -2.33. The number of rotatable bonds is 4. The Labute approximate surface area is 147 Å². The molecule has 0 fully saturated rings. The van der Waals surface area contributed by atoms with Crippen LogP contribution in [-0.4, -0.2) is 8.07 Å². The van der Waals surface area contributed by atoms with Crippen molar-refractivity contribution in [1.82, 2.24) is 0 Å². The van der Waals surface area contributed by atoms with Gasteiger partial charge in [0.25, 0.3) is 0 Å². The fourth-order valence-corrected chi connectivity index (χ4v) is 8.50. The minimum Gasteiger partial charge on any atom is -0.0805 e. The third-order valence-corrected chi connectivity index (χ3v) is 9.97. The van der Waals surface area contributed by atoms with Crippen molar-refractivity contribution < 1.29 is 0 Å². The number of allylic oxidation sites excluding steroid dienone is 4. The van der Waals surface area contributed by atoms with Crippen LogP contribution in [-0.2, 0) is 0 Å². The van der Waals surface area contributed by atoms with E-state index >= 15 is 0 Å². The van der Waals surface area contributed by atoms with E-state index in [1.807, 2.05) is 0 Å². The summed E-state index contributed by atoms with van der Waals surface area (Å²) in [7, 11) is -1.94. The zero-order valence-electron chi connectivity index (χ0n) is 15.6. The fourth-order valence-electron chi connectivity index (χ4n) is 4.11. The summed E-state index contributed by atoms with van der Waals surface area (Å²) in [5.41, 5.74) is 4.31. The molecular weight excluding hydrogens is 304 g/mol. The van der Waals surface area contributed by atoms with Crippen molar-refractivity contribution in [3.05, 3.63) is 82.6 Å². The van der Waals surface area contributed by atoms with Gasteiger partial charge in [0, 0.05) is 0 Å². The van der Waals surface area contributed by atoms with E-state index in [9.17, 15) is 0 Å². The molecule has 1 unspecified atom stereocenters. The summed E-state index contributed by atoms with van der Waals surface area (Å²) in [6.07, 6.45) is 5.84. The van der Waals surface area contributed by atoms with Gasteiger partial charge in [-0.2, -0.15) is 0 Å². The summed E-state index contributed by atoms with van der Waals surface area (Å²) in [5, 5.41) is 4.75. The predicted octanol–water partition coefficient (Wildman–Crippen LogP) is 4.95. The zero-order chi connectivity index (χ0) is 17.3. The van der Waals surface area contributed by atoms with Gasteiger partial charge < -0.3 is 0 Å². The van der Waals surface area contributed by atoms with Gasteiger partial charge in [-0.3, -0.25) is 0 Å². The summed E-state index contributed by atoms with van der Waals surface area (Å²) < 4.78 is 0. The first kappa shape index (κ1) is 17.0. The molecule has 2 aromatic carbocycles. The standard InChI is InChI=1S/C23H28Si/c1-17(2)22-12-9-13-23(22)24(5,20-10-7-6-8-11-20)21-15-18(3)14-19(4)16-21/h6-12,14-17H,13H2,1-5H3. The molecule has 0 nitrogen and oxygen atoms in total. The molecule has 24 heavy (non-hydrogen) atoms. The maximum absolute atomic E-state index is 2.54. The second-order valence-corrected chi connectivity index (χ2v) is 11.6. The quantitative estimate of drug-likeness (QED) is 0.695. The van der Waals surface area contributed by atoms with Crippen LogP contribution in [0.4, 0.5) is 0 Å². The van der Waals surface area contributed by atoms with Crippen LogP contribution in [0.2, 0.25) is 6.55 Å². The Morgan fingerprint density at radius 2 is 1.50 bits per heavy atom. The summed E-state index contributed by atoms with van der Waals surface area (Å²) in [5.74, 6) is 0.584. The molecular formula is C23H28Si. The van der Waals surface area contributed by atoms with Crippen molar-refractivity contribution in [2.24, 2.45) is 5.92 Å². The number of hydrogen-bond donors (Lipinski definition) is 0. The van der Waals surface area contributed by atoms with E-state index in [4.69, 9.17) is 0 Å². The molecule has 3 rings (SSSR count). The van der Waals surface area contributed by atoms with Crippen LogP contribution in [0.1, 0.15) is 31.4 Å². The average molecular weight is 333 g/mol. The van der Waals surface area contributed by atoms with E-state index in [0.29, 0.717) is 5.92 Å². The molecule has 1 heteroatoms. The average Bonchev–Trinajstić information content (AvgIpc) is 3.04. The SMILES string of the molecule is Cc1cc(C)cc([Si](C)(C2=C(C(C)C)C=CC2)c2ccccc2)c1. The normalized spacial score (nSPS) is 16.8. The largest absolute Gasteiger partial charge is 0.141 e. The highest BCUT2D eigenvalue weighted by Gasteiger charge is 2.38. The summed E-state index contributed by atoms with van der Waals surface area (Å²) in [6.45, 7) is 11.6. The van der Waals surface area contributed by atoms with E-state index in [2.05, 4.69) is 94.9 Å². The Bertz CT molecular complexity index is 776. The molecule has 124 valence electrons. The lowest BCUT2D eigenvalue weighted by Crippen LogP contribution is -2.58. The zero-order valence-corrected chi connectivity index (χ0v) is 16.6. The van der Waals surface area contributed by atoms with E-state index in [0.717, 1.165) is 6.42 Å². The third kappa shape index (κ3) is 2.93. The Kier molecular flexibility index (Phi) is 4.64. The van der Waals surface area contributed by atoms with Gasteiger partial charge in [0.15, 0.2) is 0 Å². The number of aryl methyl sites for hydroxylation is 2. The Hall–Kier alpha value is -1.86. The summed E-state index contributed by atoms with van der Waals surface area (Å²) in [4.78, 5) is 0. The molecule has 0 heterocycles. The molecule has 0 saturated carbocycles. The molecule has 0 amide bonds. The molecule has 1 aliphatic carbocycles. The summed E-state index contributed by atoms with van der Waals surface area (Å²) in [6, 6.07) is 18.3. The van der Waals surface area contributed by atoms with E-state index < -0.39 is 8.07 Å². The van der Waals surface area contributed by atoms with Crippen molar-refractivity contribution in [2.45, 2.75) is 40.7 Å². The molecule has 2 aromatic rings. The highest BCUT2D eigenvalue weighted by atomic mass is 28.3. The Balaban J connectivity index is 2.29. The van der Waals surface area contributed by atoms with Crippen LogP contribution in [0.25, 0.3) is 0 Å². The molecule has 0 aromatic heterocycles. The van der Waals surface area contributed by atoms with Crippen LogP contribution in [0.15, 0.2) is 71.5 Å². The Morgan fingerprint density at radius 1 is 0.875 bits per heavy atom. The van der Waals surface area contributed by atoms with Crippen LogP contribution >= 0.6 is 0 Å². The topological polar surface area (TPSA) is 0 Å². The third-order valence-electron chi connectivity index (χ3n) is 5.34. The monoisotopic (exact) mass is 332 g/mol. The first-order valence-corrected chi connectivity index (χ1v) is 11.5. The van der Waals surface area contributed by atoms with Gasteiger partial charge in [-0.25, -0.2) is 0 Å². The smallest absolute Gasteiger partial charge is 0.0805 e. The van der Waals surface area contributed by atoms with Crippen LogP contribution < -0.4 is 10.4 Å². The van der Waals surface area contributed by atoms with Gasteiger partial charge in [0.2, 0.25) is 0 Å². The minimum absolute atomic E-state index is 0.584. The molecule has 0 aliphatic heterocycles. The van der Waals surface area contributed by atoms with Crippen LogP contribution in [0.5, 0.6) is 0 Å². The Morgan fingerprint density at radius 3 is 2.08 bits per heavy atom. The molecule has 0 bridgehead atoms. The molecule has 0 saturated heterocycles. The van der Waals surface area contributed by atoms with E-state index in [1.54, 1.807) is 16.0 Å². The maximum atomic E-state index is 2.54. The van der Waals surface area contributed by atoms with Gasteiger partial charge in [-0.05, 0) is 42.1 Å². The highest BCUT2D eigenvalue weighted by Crippen LogP contribution is 2.32. The van der Waals surface area contributed by atoms with Gasteiger partial charge >= 0.3 is 0 Å². The fraction of sp³-hybridized carbons (Fsp3) is 0.304. The molecule has 1 aliphatic rings. The number of hydrogen-bond acceptors (Lipinski definition) is 0. The van der Waals surface area contributed by atoms with Crippen molar-refractivity contribution >= 4 is 18.4 Å².